The molecule has 0 spiro atoms. The SMILES string of the molecule is CC1CSCCN1CC1CCCCC1=O. The summed E-state index contributed by atoms with van der Waals surface area (Å²) in [6.45, 7) is 4.50. The molecule has 0 aromatic rings. The molecule has 0 aromatic carbocycles. The third-order valence-corrected chi connectivity index (χ3v) is 4.83. The topological polar surface area (TPSA) is 20.3 Å². The first-order chi connectivity index (χ1) is 7.27. The van der Waals surface area contributed by atoms with E-state index in [0.29, 0.717) is 17.7 Å². The van der Waals surface area contributed by atoms with Gasteiger partial charge in [0.15, 0.2) is 0 Å². The van der Waals surface area contributed by atoms with Gasteiger partial charge >= 0.3 is 0 Å². The van der Waals surface area contributed by atoms with E-state index in [1.807, 2.05) is 11.8 Å². The van der Waals surface area contributed by atoms with E-state index in [1.165, 1.54) is 24.5 Å². The van der Waals surface area contributed by atoms with Crippen molar-refractivity contribution in [1.82, 2.24) is 4.90 Å². The Morgan fingerprint density at radius 3 is 3.07 bits per heavy atom. The van der Waals surface area contributed by atoms with Crippen molar-refractivity contribution in [3.8, 4) is 0 Å². The number of carbonyl (C=O) groups excluding carboxylic acids is 1. The molecule has 2 unspecified atom stereocenters. The molecule has 1 aliphatic heterocycles. The Bertz CT molecular complexity index is 232. The van der Waals surface area contributed by atoms with Crippen molar-refractivity contribution >= 4 is 17.5 Å². The third-order valence-electron chi connectivity index (χ3n) is 3.64. The maximum Gasteiger partial charge on any atom is 0.137 e. The fraction of sp³-hybridized carbons (Fsp3) is 0.917. The zero-order valence-electron chi connectivity index (χ0n) is 9.58. The fourth-order valence-corrected chi connectivity index (χ4v) is 3.65. The molecule has 2 nitrogen and oxygen atoms in total. The monoisotopic (exact) mass is 227 g/mol. The molecule has 1 aliphatic carbocycles. The average molecular weight is 227 g/mol. The van der Waals surface area contributed by atoms with Crippen molar-refractivity contribution in [3.63, 3.8) is 0 Å². The van der Waals surface area contributed by atoms with Crippen molar-refractivity contribution in [1.29, 1.82) is 0 Å². The Balaban J connectivity index is 1.86. The molecular formula is C12H21NOS. The summed E-state index contributed by atoms with van der Waals surface area (Å²) in [6.07, 6.45) is 4.35. The molecule has 0 amide bonds. The highest BCUT2D eigenvalue weighted by molar-refractivity contribution is 7.99. The predicted octanol–water partition coefficient (Wildman–Crippen LogP) is 2.18. The van der Waals surface area contributed by atoms with Crippen LogP contribution in [0.1, 0.15) is 32.6 Å². The Labute approximate surface area is 96.8 Å². The van der Waals surface area contributed by atoms with Crippen molar-refractivity contribution in [2.45, 2.75) is 38.6 Å². The van der Waals surface area contributed by atoms with Crippen LogP contribution in [-0.4, -0.2) is 41.3 Å². The third kappa shape index (κ3) is 2.97. The lowest BCUT2D eigenvalue weighted by atomic mass is 9.87. The van der Waals surface area contributed by atoms with E-state index in [2.05, 4.69) is 11.8 Å². The number of rotatable bonds is 2. The molecular weight excluding hydrogens is 206 g/mol. The first-order valence-corrected chi connectivity index (χ1v) is 7.27. The molecule has 3 heteroatoms. The van der Waals surface area contributed by atoms with Gasteiger partial charge in [-0.25, -0.2) is 0 Å². The Kier molecular flexibility index (Phi) is 4.09. The zero-order chi connectivity index (χ0) is 10.7. The van der Waals surface area contributed by atoms with Gasteiger partial charge in [0, 0.05) is 43.0 Å². The van der Waals surface area contributed by atoms with Crippen LogP contribution in [0.5, 0.6) is 0 Å². The first-order valence-electron chi connectivity index (χ1n) is 6.12. The standard InChI is InChI=1S/C12H21NOS/c1-10-9-15-7-6-13(10)8-11-4-2-3-5-12(11)14/h10-11H,2-9H2,1H3. The van der Waals surface area contributed by atoms with Crippen LogP contribution in [0, 0.1) is 5.92 Å². The molecule has 0 bridgehead atoms. The van der Waals surface area contributed by atoms with Crippen molar-refractivity contribution in [2.24, 2.45) is 5.92 Å². The normalized spacial score (nSPS) is 34.3. The van der Waals surface area contributed by atoms with Gasteiger partial charge in [-0.3, -0.25) is 9.69 Å². The summed E-state index contributed by atoms with van der Waals surface area (Å²) < 4.78 is 0. The number of carbonyl (C=O) groups is 1. The second kappa shape index (κ2) is 5.35. The first kappa shape index (κ1) is 11.5. The maximum atomic E-state index is 11.7. The molecule has 1 saturated carbocycles. The molecule has 1 heterocycles. The number of nitrogens with zero attached hydrogens (tertiary/aromatic N) is 1. The van der Waals surface area contributed by atoms with Gasteiger partial charge in [-0.1, -0.05) is 6.42 Å². The number of ketones is 1. The molecule has 86 valence electrons. The quantitative estimate of drug-likeness (QED) is 0.721. The van der Waals surface area contributed by atoms with Crippen LogP contribution in [0.15, 0.2) is 0 Å². The van der Waals surface area contributed by atoms with Crippen molar-refractivity contribution < 1.29 is 4.79 Å². The summed E-state index contributed by atoms with van der Waals surface area (Å²) in [5.74, 6) is 3.35. The average Bonchev–Trinajstić information content (AvgIpc) is 2.24. The summed E-state index contributed by atoms with van der Waals surface area (Å²) in [6, 6.07) is 0.665. The van der Waals surface area contributed by atoms with Gasteiger partial charge in [0.2, 0.25) is 0 Å². The second-order valence-corrected chi connectivity index (χ2v) is 5.98. The second-order valence-electron chi connectivity index (χ2n) is 4.83. The van der Waals surface area contributed by atoms with E-state index in [4.69, 9.17) is 0 Å². The molecule has 0 radical (unpaired) electrons. The van der Waals surface area contributed by atoms with Gasteiger partial charge in [0.05, 0.1) is 0 Å². The molecule has 2 fully saturated rings. The van der Waals surface area contributed by atoms with Crippen LogP contribution in [0.2, 0.25) is 0 Å². The van der Waals surface area contributed by atoms with Crippen LogP contribution in [0.4, 0.5) is 0 Å². The minimum Gasteiger partial charge on any atom is -0.299 e. The minimum absolute atomic E-state index is 0.351. The fourth-order valence-electron chi connectivity index (χ4n) is 2.56. The van der Waals surface area contributed by atoms with E-state index in [1.54, 1.807) is 0 Å². The van der Waals surface area contributed by atoms with E-state index >= 15 is 0 Å². The largest absolute Gasteiger partial charge is 0.299 e. The lowest BCUT2D eigenvalue weighted by Gasteiger charge is -2.36. The van der Waals surface area contributed by atoms with E-state index in [0.717, 1.165) is 25.8 Å². The molecule has 2 rings (SSSR count). The van der Waals surface area contributed by atoms with Crippen molar-refractivity contribution in [3.05, 3.63) is 0 Å². The van der Waals surface area contributed by atoms with E-state index in [9.17, 15) is 4.79 Å². The van der Waals surface area contributed by atoms with Crippen LogP contribution >= 0.6 is 11.8 Å². The highest BCUT2D eigenvalue weighted by Crippen LogP contribution is 2.24. The van der Waals surface area contributed by atoms with Crippen LogP contribution < -0.4 is 0 Å². The lowest BCUT2D eigenvalue weighted by Crippen LogP contribution is -2.44. The smallest absolute Gasteiger partial charge is 0.137 e. The Hall–Kier alpha value is -0.0200. The molecule has 0 N–H and O–H groups in total. The highest BCUT2D eigenvalue weighted by atomic mass is 32.2. The minimum atomic E-state index is 0.351. The number of thioether (sulfide) groups is 1. The van der Waals surface area contributed by atoms with Gasteiger partial charge in [-0.2, -0.15) is 11.8 Å². The van der Waals surface area contributed by atoms with Gasteiger partial charge in [-0.05, 0) is 19.8 Å². The predicted molar refractivity (Wildman–Crippen MR) is 65.3 cm³/mol. The maximum absolute atomic E-state index is 11.7. The lowest BCUT2D eigenvalue weighted by molar-refractivity contribution is -0.125. The van der Waals surface area contributed by atoms with E-state index in [-0.39, 0.29) is 0 Å². The van der Waals surface area contributed by atoms with Gasteiger partial charge in [0.25, 0.3) is 0 Å². The molecule has 0 aromatic heterocycles. The van der Waals surface area contributed by atoms with Gasteiger partial charge in [-0.15, -0.1) is 0 Å². The molecule has 1 saturated heterocycles. The highest BCUT2D eigenvalue weighted by Gasteiger charge is 2.27. The van der Waals surface area contributed by atoms with Gasteiger partial charge in [0.1, 0.15) is 5.78 Å². The Morgan fingerprint density at radius 1 is 1.47 bits per heavy atom. The summed E-state index contributed by atoms with van der Waals surface area (Å²) in [5.41, 5.74) is 0. The molecule has 2 atom stereocenters. The molecule has 15 heavy (non-hydrogen) atoms. The van der Waals surface area contributed by atoms with Crippen LogP contribution in [0.3, 0.4) is 0 Å². The summed E-state index contributed by atoms with van der Waals surface area (Å²) in [7, 11) is 0. The number of Topliss-reactive ketones (excluding diaryl/α,β-unsaturated/α-hetero) is 1. The summed E-state index contributed by atoms with van der Waals surface area (Å²) in [4.78, 5) is 14.3. The van der Waals surface area contributed by atoms with Crippen LogP contribution in [-0.2, 0) is 4.79 Å². The molecule has 2 aliphatic rings. The van der Waals surface area contributed by atoms with Gasteiger partial charge < -0.3 is 0 Å². The summed E-state index contributed by atoms with van der Waals surface area (Å²) >= 11 is 2.04. The number of hydrogen-bond donors (Lipinski definition) is 0. The number of hydrogen-bond acceptors (Lipinski definition) is 3. The van der Waals surface area contributed by atoms with Crippen molar-refractivity contribution in [2.75, 3.05) is 24.6 Å². The summed E-state index contributed by atoms with van der Waals surface area (Å²) in [5, 5.41) is 0. The van der Waals surface area contributed by atoms with E-state index < -0.39 is 0 Å². The van der Waals surface area contributed by atoms with Crippen LogP contribution in [0.25, 0.3) is 0 Å². The zero-order valence-corrected chi connectivity index (χ0v) is 10.4. The Morgan fingerprint density at radius 2 is 2.33 bits per heavy atom.